The number of para-hydroxylation sites is 1. The Morgan fingerprint density at radius 1 is 1.24 bits per heavy atom. The molecule has 0 spiro atoms. The molecule has 1 aromatic heterocycles. The van der Waals surface area contributed by atoms with Gasteiger partial charge in [-0.2, -0.15) is 4.98 Å². The summed E-state index contributed by atoms with van der Waals surface area (Å²) in [6, 6.07) is 5.97. The Balaban J connectivity index is 2.37. The van der Waals surface area contributed by atoms with Crippen molar-refractivity contribution in [2.75, 3.05) is 7.11 Å². The molecule has 0 fully saturated rings. The molecule has 0 atom stereocenters. The van der Waals surface area contributed by atoms with E-state index in [9.17, 15) is 4.39 Å². The van der Waals surface area contributed by atoms with E-state index in [4.69, 9.17) is 21.1 Å². The number of ether oxygens (including phenoxy) is 2. The number of aromatic nitrogens is 2. The van der Waals surface area contributed by atoms with Gasteiger partial charge >= 0.3 is 0 Å². The van der Waals surface area contributed by atoms with E-state index in [0.717, 1.165) is 0 Å². The second-order valence-electron chi connectivity index (χ2n) is 3.04. The number of halogens is 2. The molecular weight excluding hydrogens is 247 g/mol. The van der Waals surface area contributed by atoms with Crippen molar-refractivity contribution in [1.82, 2.24) is 9.97 Å². The Morgan fingerprint density at radius 3 is 2.71 bits per heavy atom. The fourth-order valence-electron chi connectivity index (χ4n) is 1.21. The zero-order valence-corrected chi connectivity index (χ0v) is 9.61. The minimum absolute atomic E-state index is 0.0422. The van der Waals surface area contributed by atoms with Gasteiger partial charge in [0.25, 0.3) is 5.88 Å². The number of hydrogen-bond donors (Lipinski definition) is 0. The Morgan fingerprint density at radius 2 is 2.00 bits per heavy atom. The van der Waals surface area contributed by atoms with Crippen LogP contribution in [0, 0.1) is 5.82 Å². The molecule has 6 heteroatoms. The summed E-state index contributed by atoms with van der Waals surface area (Å²) in [6.45, 7) is 0. The molecule has 0 bridgehead atoms. The van der Waals surface area contributed by atoms with Gasteiger partial charge in [0, 0.05) is 0 Å². The summed E-state index contributed by atoms with van der Waals surface area (Å²) in [6.07, 6.45) is 1.21. The van der Waals surface area contributed by atoms with Crippen LogP contribution >= 0.6 is 11.6 Å². The van der Waals surface area contributed by atoms with Crippen molar-refractivity contribution in [2.45, 2.75) is 0 Å². The maximum Gasteiger partial charge on any atom is 0.267 e. The van der Waals surface area contributed by atoms with Crippen molar-refractivity contribution in [2.24, 2.45) is 0 Å². The highest BCUT2D eigenvalue weighted by Gasteiger charge is 2.14. The second-order valence-corrected chi connectivity index (χ2v) is 3.39. The summed E-state index contributed by atoms with van der Waals surface area (Å²) >= 11 is 5.79. The molecule has 0 aliphatic heterocycles. The third-order valence-electron chi connectivity index (χ3n) is 1.98. The lowest BCUT2D eigenvalue weighted by atomic mass is 10.3. The molecule has 0 amide bonds. The van der Waals surface area contributed by atoms with Gasteiger partial charge in [0.15, 0.2) is 16.7 Å². The Bertz CT molecular complexity index is 537. The molecule has 0 radical (unpaired) electrons. The van der Waals surface area contributed by atoms with Gasteiger partial charge in [-0.1, -0.05) is 23.7 Å². The van der Waals surface area contributed by atoms with Crippen LogP contribution in [-0.2, 0) is 0 Å². The molecule has 2 aromatic rings. The first-order valence-electron chi connectivity index (χ1n) is 4.69. The molecule has 17 heavy (non-hydrogen) atoms. The zero-order valence-electron chi connectivity index (χ0n) is 8.85. The van der Waals surface area contributed by atoms with Crippen LogP contribution in [0.3, 0.4) is 0 Å². The fourth-order valence-corrected chi connectivity index (χ4v) is 1.42. The van der Waals surface area contributed by atoms with Crippen LogP contribution in [0.25, 0.3) is 0 Å². The average molecular weight is 255 g/mol. The van der Waals surface area contributed by atoms with Gasteiger partial charge in [-0.05, 0) is 12.1 Å². The molecule has 0 aliphatic rings. The quantitative estimate of drug-likeness (QED) is 0.790. The topological polar surface area (TPSA) is 44.2 Å². The molecule has 2 rings (SSSR count). The van der Waals surface area contributed by atoms with E-state index < -0.39 is 5.82 Å². The molecule has 0 saturated carbocycles. The Kier molecular flexibility index (Phi) is 3.39. The van der Waals surface area contributed by atoms with Crippen molar-refractivity contribution in [3.63, 3.8) is 0 Å². The molecule has 1 heterocycles. The molecule has 88 valence electrons. The van der Waals surface area contributed by atoms with Crippen molar-refractivity contribution in [3.8, 4) is 17.4 Å². The van der Waals surface area contributed by atoms with Gasteiger partial charge in [0.2, 0.25) is 5.75 Å². The third-order valence-corrected chi connectivity index (χ3v) is 2.24. The van der Waals surface area contributed by atoms with Crippen LogP contribution in [0.1, 0.15) is 0 Å². The minimum atomic E-state index is -0.496. The number of rotatable bonds is 3. The van der Waals surface area contributed by atoms with Gasteiger partial charge in [-0.25, -0.2) is 9.37 Å². The van der Waals surface area contributed by atoms with Crippen LogP contribution in [0.5, 0.6) is 17.4 Å². The first-order chi connectivity index (χ1) is 8.22. The highest BCUT2D eigenvalue weighted by atomic mass is 35.5. The van der Waals surface area contributed by atoms with Gasteiger partial charge in [-0.15, -0.1) is 0 Å². The monoisotopic (exact) mass is 254 g/mol. The highest BCUT2D eigenvalue weighted by Crippen LogP contribution is 2.34. The fraction of sp³-hybridized carbons (Fsp3) is 0.0909. The smallest absolute Gasteiger partial charge is 0.267 e. The van der Waals surface area contributed by atoms with Crippen molar-refractivity contribution < 1.29 is 13.9 Å². The maximum atomic E-state index is 13.4. The highest BCUT2D eigenvalue weighted by molar-refractivity contribution is 6.31. The molecule has 4 nitrogen and oxygen atoms in total. The van der Waals surface area contributed by atoms with Gasteiger partial charge in [0.05, 0.1) is 7.11 Å². The summed E-state index contributed by atoms with van der Waals surface area (Å²) in [7, 11) is 1.40. The maximum absolute atomic E-state index is 13.4. The summed E-state index contributed by atoms with van der Waals surface area (Å²) in [5.74, 6) is -0.222. The molecule has 0 unspecified atom stereocenters. The molecule has 0 N–H and O–H groups in total. The van der Waals surface area contributed by atoms with E-state index in [2.05, 4.69) is 9.97 Å². The van der Waals surface area contributed by atoms with E-state index in [1.165, 1.54) is 25.6 Å². The number of hydrogen-bond acceptors (Lipinski definition) is 4. The predicted octanol–water partition coefficient (Wildman–Crippen LogP) is 3.07. The largest absolute Gasteiger partial charge is 0.489 e. The zero-order chi connectivity index (χ0) is 12.3. The van der Waals surface area contributed by atoms with E-state index in [0.29, 0.717) is 0 Å². The molecule has 0 saturated heterocycles. The van der Waals surface area contributed by atoms with Gasteiger partial charge in [-0.3, -0.25) is 0 Å². The van der Waals surface area contributed by atoms with Crippen molar-refractivity contribution in [1.29, 1.82) is 0 Å². The first kappa shape index (κ1) is 11.6. The molecule has 1 aromatic carbocycles. The van der Waals surface area contributed by atoms with Crippen LogP contribution < -0.4 is 9.47 Å². The van der Waals surface area contributed by atoms with Crippen molar-refractivity contribution >= 4 is 11.6 Å². The van der Waals surface area contributed by atoms with E-state index in [1.54, 1.807) is 12.1 Å². The van der Waals surface area contributed by atoms with Crippen LogP contribution in [0.4, 0.5) is 4.39 Å². The summed E-state index contributed by atoms with van der Waals surface area (Å²) in [4.78, 5) is 7.57. The normalized spacial score (nSPS) is 10.1. The van der Waals surface area contributed by atoms with E-state index in [-0.39, 0.29) is 22.5 Å². The second kappa shape index (κ2) is 4.97. The van der Waals surface area contributed by atoms with Crippen LogP contribution in [0.15, 0.2) is 30.6 Å². The Labute approximate surface area is 102 Å². The summed E-state index contributed by atoms with van der Waals surface area (Å²) in [5.41, 5.74) is 0. The van der Waals surface area contributed by atoms with Crippen molar-refractivity contribution in [3.05, 3.63) is 41.6 Å². The number of benzene rings is 1. The lowest BCUT2D eigenvalue weighted by Gasteiger charge is -2.09. The molecule has 0 aliphatic carbocycles. The van der Waals surface area contributed by atoms with E-state index in [1.807, 2.05) is 0 Å². The predicted molar refractivity (Wildman–Crippen MR) is 60.1 cm³/mol. The van der Waals surface area contributed by atoms with Crippen LogP contribution in [0.2, 0.25) is 5.15 Å². The average Bonchev–Trinajstić information content (AvgIpc) is 2.32. The first-order valence-corrected chi connectivity index (χ1v) is 5.07. The van der Waals surface area contributed by atoms with Crippen LogP contribution in [-0.4, -0.2) is 17.1 Å². The lowest BCUT2D eigenvalue weighted by Crippen LogP contribution is -1.96. The van der Waals surface area contributed by atoms with E-state index >= 15 is 0 Å². The third kappa shape index (κ3) is 2.45. The standard InChI is InChI=1S/C11H8ClFN2O2/c1-16-9-10(12)14-6-15-11(9)17-8-5-3-2-4-7(8)13/h2-6H,1H3. The Hall–Kier alpha value is -1.88. The molecular formula is C11H8ClFN2O2. The number of nitrogens with zero attached hydrogens (tertiary/aromatic N) is 2. The summed E-state index contributed by atoms with van der Waals surface area (Å²) < 4.78 is 23.6. The van der Waals surface area contributed by atoms with Gasteiger partial charge in [0.1, 0.15) is 6.33 Å². The van der Waals surface area contributed by atoms with Gasteiger partial charge < -0.3 is 9.47 Å². The summed E-state index contributed by atoms with van der Waals surface area (Å²) in [5, 5.41) is 0.105. The SMILES string of the molecule is COc1c(Cl)ncnc1Oc1ccccc1F. The lowest BCUT2D eigenvalue weighted by molar-refractivity contribution is 0.359. The minimum Gasteiger partial charge on any atom is -0.489 e. The number of methoxy groups -OCH3 is 1.